The van der Waals surface area contributed by atoms with Gasteiger partial charge in [0.25, 0.3) is 5.91 Å². The van der Waals surface area contributed by atoms with Crippen molar-refractivity contribution in [2.75, 3.05) is 4.90 Å². The predicted molar refractivity (Wildman–Crippen MR) is 105 cm³/mol. The van der Waals surface area contributed by atoms with Gasteiger partial charge in [-0.1, -0.05) is 24.3 Å². The molecule has 3 aromatic rings. The van der Waals surface area contributed by atoms with E-state index in [0.717, 1.165) is 16.9 Å². The van der Waals surface area contributed by atoms with E-state index in [1.165, 1.54) is 0 Å². The second kappa shape index (κ2) is 6.76. The van der Waals surface area contributed by atoms with Crippen molar-refractivity contribution in [1.29, 1.82) is 0 Å². The van der Waals surface area contributed by atoms with E-state index in [1.54, 1.807) is 4.90 Å². The summed E-state index contributed by atoms with van der Waals surface area (Å²) < 4.78 is 1.97. The first-order chi connectivity index (χ1) is 13.1. The van der Waals surface area contributed by atoms with Gasteiger partial charge in [0.15, 0.2) is 0 Å². The van der Waals surface area contributed by atoms with Crippen molar-refractivity contribution in [2.24, 2.45) is 5.73 Å². The van der Waals surface area contributed by atoms with Crippen LogP contribution in [0.2, 0.25) is 0 Å². The van der Waals surface area contributed by atoms with Gasteiger partial charge in [0.2, 0.25) is 5.91 Å². The molecule has 2 aromatic carbocycles. The zero-order valence-corrected chi connectivity index (χ0v) is 15.1. The van der Waals surface area contributed by atoms with Crippen molar-refractivity contribution in [2.45, 2.75) is 25.3 Å². The van der Waals surface area contributed by atoms with Crippen LogP contribution in [0.4, 0.5) is 5.69 Å². The molecule has 4 rings (SSSR count). The van der Waals surface area contributed by atoms with Crippen LogP contribution in [0, 0.1) is 0 Å². The zero-order valence-electron chi connectivity index (χ0n) is 15.1. The minimum atomic E-state index is -0.369. The third kappa shape index (κ3) is 3.01. The number of benzene rings is 2. The Balaban J connectivity index is 1.74. The fraction of sp³-hybridized carbons (Fsp3) is 0.182. The van der Waals surface area contributed by atoms with Gasteiger partial charge in [-0.25, -0.2) is 0 Å². The predicted octanol–water partition coefficient (Wildman–Crippen LogP) is 3.49. The Morgan fingerprint density at radius 3 is 2.48 bits per heavy atom. The highest BCUT2D eigenvalue weighted by Gasteiger charge is 2.36. The number of rotatable bonds is 3. The quantitative estimate of drug-likeness (QED) is 0.778. The largest absolute Gasteiger partial charge is 0.369 e. The van der Waals surface area contributed by atoms with E-state index < -0.39 is 0 Å². The summed E-state index contributed by atoms with van der Waals surface area (Å²) in [5.74, 6) is -0.797. The molecule has 0 radical (unpaired) electrons. The third-order valence-corrected chi connectivity index (χ3v) is 5.15. The van der Waals surface area contributed by atoms with Crippen LogP contribution in [0.3, 0.4) is 0 Å². The van der Waals surface area contributed by atoms with E-state index in [2.05, 4.69) is 0 Å². The summed E-state index contributed by atoms with van der Waals surface area (Å²) in [6.07, 6.45) is 4.41. The van der Waals surface area contributed by atoms with Crippen molar-refractivity contribution in [1.82, 2.24) is 4.57 Å². The van der Waals surface area contributed by atoms with E-state index in [-0.39, 0.29) is 23.8 Å². The Morgan fingerprint density at radius 1 is 1.00 bits per heavy atom. The number of amides is 2. The molecule has 2 heterocycles. The second-order valence-corrected chi connectivity index (χ2v) is 6.91. The van der Waals surface area contributed by atoms with Gasteiger partial charge in [-0.2, -0.15) is 0 Å². The molecule has 136 valence electrons. The lowest BCUT2D eigenvalue weighted by Crippen LogP contribution is -2.45. The van der Waals surface area contributed by atoms with Crippen LogP contribution in [-0.4, -0.2) is 22.4 Å². The molecule has 0 spiro atoms. The maximum Gasteiger partial charge on any atom is 0.258 e. The van der Waals surface area contributed by atoms with E-state index >= 15 is 0 Å². The number of hydrogen-bond acceptors (Lipinski definition) is 2. The maximum atomic E-state index is 13.4. The number of primary amides is 1. The maximum absolute atomic E-state index is 13.4. The molecule has 27 heavy (non-hydrogen) atoms. The molecule has 0 bridgehead atoms. The second-order valence-electron chi connectivity index (χ2n) is 6.91. The van der Waals surface area contributed by atoms with E-state index in [4.69, 9.17) is 5.73 Å². The van der Waals surface area contributed by atoms with Gasteiger partial charge in [0, 0.05) is 35.4 Å². The minimum Gasteiger partial charge on any atom is -0.369 e. The summed E-state index contributed by atoms with van der Waals surface area (Å²) in [4.78, 5) is 27.1. The molecule has 5 nitrogen and oxygen atoms in total. The number of nitrogens with zero attached hydrogens (tertiary/aromatic N) is 2. The number of carbonyl (C=O) groups excluding carboxylic acids is 2. The van der Waals surface area contributed by atoms with Crippen LogP contribution in [0.1, 0.15) is 35.2 Å². The fourth-order valence-electron chi connectivity index (χ4n) is 3.84. The Labute approximate surface area is 158 Å². The van der Waals surface area contributed by atoms with Crippen LogP contribution in [-0.2, 0) is 4.79 Å². The van der Waals surface area contributed by atoms with Crippen LogP contribution in [0.15, 0.2) is 73.1 Å². The molecule has 0 saturated heterocycles. The standard InChI is InChI=1S/C22H21N3O2/c1-15-13-19(21(23)26)18-9-2-3-10-20(18)25(15)22(27)16-7-6-8-17(14-16)24-11-4-5-12-24/h2-12,14-15,19H,13H2,1H3,(H2,23,26). The Kier molecular flexibility index (Phi) is 4.28. The molecule has 2 amide bonds. The molecule has 0 fully saturated rings. The number of nitrogens with two attached hydrogens (primary N) is 1. The molecule has 0 saturated carbocycles. The summed E-state index contributed by atoms with van der Waals surface area (Å²) >= 11 is 0. The number of para-hydroxylation sites is 1. The summed E-state index contributed by atoms with van der Waals surface area (Å²) in [6, 6.07) is 18.8. The molecule has 1 aliphatic rings. The molecule has 1 aliphatic heterocycles. The molecular weight excluding hydrogens is 338 g/mol. The lowest BCUT2D eigenvalue weighted by molar-refractivity contribution is -0.119. The van der Waals surface area contributed by atoms with Crippen molar-refractivity contribution in [3.05, 3.63) is 84.2 Å². The number of carbonyl (C=O) groups is 2. The van der Waals surface area contributed by atoms with Gasteiger partial charge in [0.05, 0.1) is 5.92 Å². The Bertz CT molecular complexity index is 994. The molecule has 2 unspecified atom stereocenters. The smallest absolute Gasteiger partial charge is 0.258 e. The van der Waals surface area contributed by atoms with Crippen molar-refractivity contribution >= 4 is 17.5 Å². The van der Waals surface area contributed by atoms with Gasteiger partial charge in [-0.3, -0.25) is 9.59 Å². The highest BCUT2D eigenvalue weighted by molar-refractivity contribution is 6.08. The number of anilines is 1. The molecule has 5 heteroatoms. The fourth-order valence-corrected chi connectivity index (χ4v) is 3.84. The van der Waals surface area contributed by atoms with Crippen LogP contribution in [0.25, 0.3) is 5.69 Å². The summed E-state index contributed by atoms with van der Waals surface area (Å²) in [5.41, 5.74) is 8.72. The lowest BCUT2D eigenvalue weighted by Gasteiger charge is -2.38. The topological polar surface area (TPSA) is 68.3 Å². The van der Waals surface area contributed by atoms with E-state index in [9.17, 15) is 9.59 Å². The van der Waals surface area contributed by atoms with Crippen LogP contribution in [0.5, 0.6) is 0 Å². The lowest BCUT2D eigenvalue weighted by atomic mass is 9.85. The first-order valence-corrected chi connectivity index (χ1v) is 9.01. The van der Waals surface area contributed by atoms with Crippen molar-refractivity contribution < 1.29 is 9.59 Å². The molecular formula is C22H21N3O2. The summed E-state index contributed by atoms with van der Waals surface area (Å²) in [5, 5.41) is 0. The van der Waals surface area contributed by atoms with Crippen LogP contribution >= 0.6 is 0 Å². The Morgan fingerprint density at radius 2 is 1.74 bits per heavy atom. The first-order valence-electron chi connectivity index (χ1n) is 9.01. The van der Waals surface area contributed by atoms with Gasteiger partial charge in [-0.15, -0.1) is 0 Å². The molecule has 2 N–H and O–H groups in total. The summed E-state index contributed by atoms with van der Waals surface area (Å²) in [6.45, 7) is 1.96. The van der Waals surface area contributed by atoms with E-state index in [1.807, 2.05) is 84.5 Å². The molecule has 2 atom stereocenters. The van der Waals surface area contributed by atoms with Crippen molar-refractivity contribution in [3.63, 3.8) is 0 Å². The highest BCUT2D eigenvalue weighted by Crippen LogP contribution is 2.39. The normalized spacial score (nSPS) is 18.8. The highest BCUT2D eigenvalue weighted by atomic mass is 16.2. The molecule has 0 aliphatic carbocycles. The average Bonchev–Trinajstić information content (AvgIpc) is 3.22. The average molecular weight is 359 g/mol. The number of fused-ring (bicyclic) bond motifs is 1. The molecule has 1 aromatic heterocycles. The number of aromatic nitrogens is 1. The van der Waals surface area contributed by atoms with Gasteiger partial charge < -0.3 is 15.2 Å². The van der Waals surface area contributed by atoms with Crippen molar-refractivity contribution in [3.8, 4) is 5.69 Å². The van der Waals surface area contributed by atoms with Gasteiger partial charge in [-0.05, 0) is 55.3 Å². The Hall–Kier alpha value is -3.34. The minimum absolute atomic E-state index is 0.0770. The monoisotopic (exact) mass is 359 g/mol. The number of hydrogen-bond donors (Lipinski definition) is 1. The summed E-state index contributed by atoms with van der Waals surface area (Å²) in [7, 11) is 0. The van der Waals surface area contributed by atoms with Gasteiger partial charge in [0.1, 0.15) is 0 Å². The van der Waals surface area contributed by atoms with E-state index in [0.29, 0.717) is 12.0 Å². The van der Waals surface area contributed by atoms with Crippen LogP contribution < -0.4 is 10.6 Å². The zero-order chi connectivity index (χ0) is 19.0. The SMILES string of the molecule is CC1CC(C(N)=O)c2ccccc2N1C(=O)c1cccc(-n2cccc2)c1. The first kappa shape index (κ1) is 17.1. The third-order valence-electron chi connectivity index (χ3n) is 5.15. The van der Waals surface area contributed by atoms with Gasteiger partial charge >= 0.3 is 0 Å².